The Morgan fingerprint density at radius 2 is 1.74 bits per heavy atom. The summed E-state index contributed by atoms with van der Waals surface area (Å²) in [6, 6.07) is 6.24. The predicted octanol–water partition coefficient (Wildman–Crippen LogP) is 5.27. The molecule has 11 heteroatoms. The van der Waals surface area contributed by atoms with E-state index >= 15 is 0 Å². The van der Waals surface area contributed by atoms with Crippen molar-refractivity contribution in [2.75, 3.05) is 72.9 Å². The van der Waals surface area contributed by atoms with E-state index in [1.807, 2.05) is 13.1 Å². The van der Waals surface area contributed by atoms with E-state index in [2.05, 4.69) is 71.6 Å². The smallest absolute Gasteiger partial charge is 0.227 e. The number of fused-ring (bicyclic) bond motifs is 1. The van der Waals surface area contributed by atoms with E-state index in [-0.39, 0.29) is 11.6 Å². The van der Waals surface area contributed by atoms with E-state index in [9.17, 15) is 4.79 Å². The minimum atomic E-state index is -0.108. The molecule has 2 saturated heterocycles. The highest BCUT2D eigenvalue weighted by atomic mass is 35.5. The van der Waals surface area contributed by atoms with Gasteiger partial charge in [-0.05, 0) is 55.5 Å². The molecule has 10 nitrogen and oxygen atoms in total. The van der Waals surface area contributed by atoms with Crippen molar-refractivity contribution in [3.05, 3.63) is 71.0 Å². The zero-order valence-corrected chi connectivity index (χ0v) is 25.8. The van der Waals surface area contributed by atoms with Crippen molar-refractivity contribution in [1.29, 1.82) is 0 Å². The van der Waals surface area contributed by atoms with Crippen LogP contribution in [-0.4, -0.2) is 83.5 Å². The third kappa shape index (κ3) is 6.35. The van der Waals surface area contributed by atoms with Gasteiger partial charge in [0.05, 0.1) is 24.3 Å². The maximum Gasteiger partial charge on any atom is 0.227 e. The van der Waals surface area contributed by atoms with Crippen LogP contribution in [0.25, 0.3) is 6.08 Å². The second-order valence-corrected chi connectivity index (χ2v) is 12.0. The van der Waals surface area contributed by atoms with Gasteiger partial charge in [0.15, 0.2) is 17.4 Å². The van der Waals surface area contributed by atoms with Crippen LogP contribution in [0.3, 0.4) is 0 Å². The molecule has 0 bridgehead atoms. The number of nitrogens with zero attached hydrogens (tertiary/aromatic N) is 8. The van der Waals surface area contributed by atoms with Crippen LogP contribution in [-0.2, 0) is 0 Å². The first-order chi connectivity index (χ1) is 20.7. The number of allylic oxidation sites excluding steroid dienone is 1. The zero-order valence-electron chi connectivity index (χ0n) is 25.1. The molecule has 43 heavy (non-hydrogen) atoms. The topological polar surface area (TPSA) is 93.6 Å². The minimum absolute atomic E-state index is 0.108. The molecule has 224 valence electrons. The number of carbonyl (C=O) groups excluding carboxylic acids is 1. The van der Waals surface area contributed by atoms with Crippen LogP contribution in [0.15, 0.2) is 54.6 Å². The first-order valence-corrected chi connectivity index (χ1v) is 15.2. The molecule has 0 spiro atoms. The highest BCUT2D eigenvalue weighted by Crippen LogP contribution is 2.35. The van der Waals surface area contributed by atoms with Crippen LogP contribution >= 0.6 is 11.6 Å². The van der Waals surface area contributed by atoms with Crippen LogP contribution < -0.4 is 20.0 Å². The number of halogens is 1. The second kappa shape index (κ2) is 12.3. The summed E-state index contributed by atoms with van der Waals surface area (Å²) in [6.07, 6.45) is 9.64. The summed E-state index contributed by atoms with van der Waals surface area (Å²) < 4.78 is 0. The third-order valence-corrected chi connectivity index (χ3v) is 9.00. The number of piperazine rings is 1. The number of aromatic nitrogens is 4. The van der Waals surface area contributed by atoms with Crippen molar-refractivity contribution in [1.82, 2.24) is 24.8 Å². The summed E-state index contributed by atoms with van der Waals surface area (Å²) >= 11 is 6.52. The summed E-state index contributed by atoms with van der Waals surface area (Å²) in [6.45, 7) is 14.5. The lowest BCUT2D eigenvalue weighted by atomic mass is 9.95. The maximum absolute atomic E-state index is 11.5. The van der Waals surface area contributed by atoms with Crippen molar-refractivity contribution < 1.29 is 4.79 Å². The molecule has 1 aromatic carbocycles. The van der Waals surface area contributed by atoms with Gasteiger partial charge in [-0.25, -0.2) is 15.0 Å². The Balaban J connectivity index is 1.02. The quantitative estimate of drug-likeness (QED) is 0.362. The average molecular weight is 600 g/mol. The Kier molecular flexibility index (Phi) is 8.32. The number of anilines is 5. The first-order valence-electron chi connectivity index (χ1n) is 14.9. The summed E-state index contributed by atoms with van der Waals surface area (Å²) in [7, 11) is 2.04. The highest BCUT2D eigenvalue weighted by Gasteiger charge is 2.26. The van der Waals surface area contributed by atoms with Crippen molar-refractivity contribution in [3.8, 4) is 0 Å². The molecule has 3 aliphatic heterocycles. The summed E-state index contributed by atoms with van der Waals surface area (Å²) in [4.78, 5) is 38.5. The number of benzene rings is 1. The summed E-state index contributed by atoms with van der Waals surface area (Å²) in [5.41, 5.74) is 6.31. The molecule has 5 heterocycles. The van der Waals surface area contributed by atoms with Gasteiger partial charge in [-0.3, -0.25) is 9.69 Å². The van der Waals surface area contributed by atoms with Crippen LogP contribution in [0.1, 0.15) is 42.9 Å². The fourth-order valence-corrected chi connectivity index (χ4v) is 6.19. The lowest BCUT2D eigenvalue weighted by Crippen LogP contribution is -2.49. The molecular weight excluding hydrogens is 562 g/mol. The number of nitrogens with one attached hydrogen (secondary N) is 1. The second-order valence-electron chi connectivity index (χ2n) is 11.6. The monoisotopic (exact) mass is 599 g/mol. The lowest BCUT2D eigenvalue weighted by Gasteiger charge is -2.39. The maximum atomic E-state index is 11.5. The van der Waals surface area contributed by atoms with Gasteiger partial charge in [0.25, 0.3) is 0 Å². The Hall–Kier alpha value is -4.02. The van der Waals surface area contributed by atoms with Crippen LogP contribution in [0, 0.1) is 5.92 Å². The zero-order chi connectivity index (χ0) is 30.1. The van der Waals surface area contributed by atoms with Gasteiger partial charge in [0.2, 0.25) is 5.95 Å². The van der Waals surface area contributed by atoms with Gasteiger partial charge in [0.1, 0.15) is 5.02 Å². The minimum Gasteiger partial charge on any atom is -0.369 e. The Labute approximate surface area is 258 Å². The van der Waals surface area contributed by atoms with E-state index in [1.54, 1.807) is 18.6 Å². The van der Waals surface area contributed by atoms with Crippen molar-refractivity contribution in [2.45, 2.75) is 26.7 Å². The standard InChI is InChI=1S/C32H38ClN9O/c1-21-15-25-16-26(5-6-29(25)39(4)22(21)2)37-31-28(33)19-36-32(38-31)42-13-11-40(12-14-42)20-24-7-9-41(10-8-24)27-17-34-30(23(3)43)35-18-27/h5-6,15-19,24H,2,7-14,20H2,1,3-4H3,(H,36,37,38). The highest BCUT2D eigenvalue weighted by molar-refractivity contribution is 6.32. The summed E-state index contributed by atoms with van der Waals surface area (Å²) in [5, 5.41) is 3.90. The number of rotatable bonds is 7. The molecule has 6 rings (SSSR count). The van der Waals surface area contributed by atoms with Gasteiger partial charge in [-0.1, -0.05) is 18.2 Å². The number of carbonyl (C=O) groups is 1. The number of hydrogen-bond donors (Lipinski definition) is 1. The number of piperidine rings is 1. The molecule has 0 unspecified atom stereocenters. The summed E-state index contributed by atoms with van der Waals surface area (Å²) in [5.74, 6) is 2.13. The van der Waals surface area contributed by atoms with Gasteiger partial charge < -0.3 is 20.0 Å². The number of hydrogen-bond acceptors (Lipinski definition) is 10. The number of Topliss-reactive ketones (excluding diaryl/α,β-unsaturated/α-hetero) is 1. The number of ketones is 1. The lowest BCUT2D eigenvalue weighted by molar-refractivity contribution is 0.100. The van der Waals surface area contributed by atoms with Crippen molar-refractivity contribution in [2.24, 2.45) is 5.92 Å². The van der Waals surface area contributed by atoms with E-state index in [0.717, 1.165) is 92.6 Å². The first kappa shape index (κ1) is 29.1. The van der Waals surface area contributed by atoms with Gasteiger partial charge >= 0.3 is 0 Å². The van der Waals surface area contributed by atoms with Crippen LogP contribution in [0.5, 0.6) is 0 Å². The predicted molar refractivity (Wildman–Crippen MR) is 174 cm³/mol. The van der Waals surface area contributed by atoms with Gasteiger partial charge in [0, 0.05) is 82.4 Å². The van der Waals surface area contributed by atoms with Crippen LogP contribution in [0.4, 0.5) is 28.8 Å². The Morgan fingerprint density at radius 1 is 1.02 bits per heavy atom. The molecule has 0 saturated carbocycles. The van der Waals surface area contributed by atoms with E-state index in [0.29, 0.717) is 22.7 Å². The van der Waals surface area contributed by atoms with E-state index in [1.165, 1.54) is 6.92 Å². The molecular formula is C32H38ClN9O. The van der Waals surface area contributed by atoms with Gasteiger partial charge in [-0.15, -0.1) is 0 Å². The SMILES string of the molecule is C=C1C(C)=Cc2cc(Nc3nc(N4CCN(CC5CCN(c6cnc(C(C)=O)nc6)CC5)CC4)ncc3Cl)ccc2N1C. The molecule has 3 aromatic rings. The van der Waals surface area contributed by atoms with Crippen molar-refractivity contribution >= 4 is 52.3 Å². The average Bonchev–Trinajstić information content (AvgIpc) is 3.02. The van der Waals surface area contributed by atoms with E-state index in [4.69, 9.17) is 16.6 Å². The molecule has 0 amide bonds. The van der Waals surface area contributed by atoms with Crippen LogP contribution in [0.2, 0.25) is 5.02 Å². The molecule has 2 fully saturated rings. The molecule has 1 N–H and O–H groups in total. The molecule has 2 aromatic heterocycles. The number of likely N-dealkylation sites (N-methyl/N-ethyl adjacent to an activating group) is 1. The molecule has 0 radical (unpaired) electrons. The Bertz CT molecular complexity index is 1540. The Morgan fingerprint density at radius 3 is 2.44 bits per heavy atom. The third-order valence-electron chi connectivity index (χ3n) is 8.72. The largest absolute Gasteiger partial charge is 0.369 e. The van der Waals surface area contributed by atoms with E-state index < -0.39 is 0 Å². The molecule has 0 atom stereocenters. The fraction of sp³-hybridized carbons (Fsp3) is 0.406. The van der Waals surface area contributed by atoms with Crippen molar-refractivity contribution in [3.63, 3.8) is 0 Å². The fourth-order valence-electron chi connectivity index (χ4n) is 6.05. The molecule has 3 aliphatic rings. The van der Waals surface area contributed by atoms with Gasteiger partial charge in [-0.2, -0.15) is 4.98 Å². The normalized spacial score (nSPS) is 18.0. The molecule has 0 aliphatic carbocycles.